The van der Waals surface area contributed by atoms with Crippen molar-refractivity contribution in [3.63, 3.8) is 0 Å². The van der Waals surface area contributed by atoms with E-state index in [0.717, 1.165) is 0 Å². The summed E-state index contributed by atoms with van der Waals surface area (Å²) in [7, 11) is 9.16. The van der Waals surface area contributed by atoms with E-state index < -0.39 is 28.6 Å². The minimum Gasteiger partial charge on any atom is -0.360 e. The van der Waals surface area contributed by atoms with Crippen LogP contribution in [0, 0.1) is 5.92 Å². The standard InChI is InChI=1S/C19H46O6Si3/c1-13(26-17(20-4)21-5)10-16(11-14(2)27-18(22-6)23-7)12-15(3)28-19(24-8)25-9/h13-19H,10-12,26-28H2,1-9H3. The molecule has 6 nitrogen and oxygen atoms in total. The maximum atomic E-state index is 5.46. The Bertz CT molecular complexity index is 302. The lowest BCUT2D eigenvalue weighted by Gasteiger charge is -2.29. The van der Waals surface area contributed by atoms with Gasteiger partial charge in [0.2, 0.25) is 0 Å². The third-order valence-electron chi connectivity index (χ3n) is 5.57. The Balaban J connectivity index is 4.88. The van der Waals surface area contributed by atoms with Crippen molar-refractivity contribution < 1.29 is 28.4 Å². The fourth-order valence-electron chi connectivity index (χ4n) is 4.14. The van der Waals surface area contributed by atoms with E-state index in [2.05, 4.69) is 20.8 Å². The van der Waals surface area contributed by atoms with Crippen LogP contribution in [0.4, 0.5) is 0 Å². The Labute approximate surface area is 180 Å². The van der Waals surface area contributed by atoms with Crippen molar-refractivity contribution in [1.82, 2.24) is 0 Å². The Kier molecular flexibility index (Phi) is 17.4. The predicted molar refractivity (Wildman–Crippen MR) is 125 cm³/mol. The van der Waals surface area contributed by atoms with E-state index >= 15 is 0 Å². The number of methoxy groups -OCH3 is 6. The van der Waals surface area contributed by atoms with Crippen LogP contribution in [0.3, 0.4) is 0 Å². The molecule has 28 heavy (non-hydrogen) atoms. The van der Waals surface area contributed by atoms with Crippen molar-refractivity contribution in [2.45, 2.75) is 74.4 Å². The number of hydrogen-bond donors (Lipinski definition) is 0. The highest BCUT2D eigenvalue weighted by molar-refractivity contribution is 6.39. The fourth-order valence-corrected chi connectivity index (χ4v) is 9.25. The van der Waals surface area contributed by atoms with Gasteiger partial charge in [-0.1, -0.05) is 40.0 Å². The molecule has 0 saturated heterocycles. The first-order chi connectivity index (χ1) is 13.3. The van der Waals surface area contributed by atoms with Crippen LogP contribution >= 0.6 is 0 Å². The van der Waals surface area contributed by atoms with Crippen molar-refractivity contribution in [2.24, 2.45) is 5.92 Å². The largest absolute Gasteiger partial charge is 0.360 e. The number of rotatable bonds is 18. The first kappa shape index (κ1) is 28.4. The first-order valence-corrected chi connectivity index (χ1v) is 15.4. The highest BCUT2D eigenvalue weighted by atomic mass is 28.2. The van der Waals surface area contributed by atoms with Crippen LogP contribution < -0.4 is 0 Å². The molecule has 0 radical (unpaired) electrons. The van der Waals surface area contributed by atoms with Crippen LogP contribution in [-0.4, -0.2) is 89.0 Å². The molecular formula is C19H46O6Si3. The maximum Gasteiger partial charge on any atom is 0.134 e. The number of hydrogen-bond acceptors (Lipinski definition) is 6. The molecule has 0 aromatic carbocycles. The van der Waals surface area contributed by atoms with E-state index in [4.69, 9.17) is 28.4 Å². The van der Waals surface area contributed by atoms with Gasteiger partial charge in [-0.25, -0.2) is 0 Å². The van der Waals surface area contributed by atoms with E-state index in [-0.39, 0.29) is 17.7 Å². The summed E-state index contributed by atoms with van der Waals surface area (Å²) in [5.41, 5.74) is 2.08. The smallest absolute Gasteiger partial charge is 0.134 e. The van der Waals surface area contributed by atoms with Crippen molar-refractivity contribution in [3.8, 4) is 0 Å². The molecule has 0 aliphatic heterocycles. The Hall–Kier alpha value is 0.411. The average Bonchev–Trinajstić information content (AvgIpc) is 2.67. The summed E-state index contributed by atoms with van der Waals surface area (Å²) in [6.07, 6.45) is 3.76. The molecule has 3 unspecified atom stereocenters. The fraction of sp³-hybridized carbons (Fsp3) is 1.00. The van der Waals surface area contributed by atoms with Gasteiger partial charge in [-0.15, -0.1) is 0 Å². The van der Waals surface area contributed by atoms with Crippen LogP contribution in [0.5, 0.6) is 0 Å². The van der Waals surface area contributed by atoms with Crippen molar-refractivity contribution >= 4 is 28.6 Å². The second-order valence-electron chi connectivity index (χ2n) is 8.30. The molecule has 0 rings (SSSR count). The topological polar surface area (TPSA) is 55.4 Å². The van der Waals surface area contributed by atoms with Gasteiger partial charge in [0.15, 0.2) is 0 Å². The minimum absolute atomic E-state index is 0.0203. The summed E-state index contributed by atoms with van der Waals surface area (Å²) in [6, 6.07) is 0. The second kappa shape index (κ2) is 17.1. The van der Waals surface area contributed by atoms with Crippen molar-refractivity contribution in [1.29, 1.82) is 0 Å². The molecule has 0 aromatic rings. The van der Waals surface area contributed by atoms with Crippen LogP contribution in [-0.2, 0) is 28.4 Å². The zero-order valence-corrected chi connectivity index (χ0v) is 24.0. The highest BCUT2D eigenvalue weighted by Crippen LogP contribution is 2.33. The Morgan fingerprint density at radius 2 is 0.679 bits per heavy atom. The minimum atomic E-state index is -0.443. The number of ether oxygens (including phenoxy) is 6. The lowest BCUT2D eigenvalue weighted by molar-refractivity contribution is -0.0451. The quantitative estimate of drug-likeness (QED) is 0.231. The third-order valence-corrected chi connectivity index (χ3v) is 12.1. The summed E-state index contributed by atoms with van der Waals surface area (Å²) < 4.78 is 32.8. The van der Waals surface area contributed by atoms with Crippen LogP contribution in [0.1, 0.15) is 40.0 Å². The van der Waals surface area contributed by atoms with Gasteiger partial charge < -0.3 is 28.4 Å². The molecular weight excluding hydrogens is 408 g/mol. The zero-order valence-electron chi connectivity index (χ0n) is 19.7. The lowest BCUT2D eigenvalue weighted by Crippen LogP contribution is -2.29. The molecule has 170 valence electrons. The van der Waals surface area contributed by atoms with E-state index in [0.29, 0.717) is 22.5 Å². The van der Waals surface area contributed by atoms with Crippen LogP contribution in [0.15, 0.2) is 0 Å². The molecule has 3 atom stereocenters. The summed E-state index contributed by atoms with van der Waals surface area (Å²) in [5.74, 6) is 0.775. The molecule has 0 bridgehead atoms. The summed E-state index contributed by atoms with van der Waals surface area (Å²) >= 11 is 0. The van der Waals surface area contributed by atoms with Gasteiger partial charge in [-0.2, -0.15) is 0 Å². The molecule has 9 heteroatoms. The Morgan fingerprint density at radius 1 is 0.464 bits per heavy atom. The summed E-state index contributed by atoms with van der Waals surface area (Å²) in [6.45, 7) is 7.11. The van der Waals surface area contributed by atoms with Crippen molar-refractivity contribution in [2.75, 3.05) is 42.7 Å². The molecule has 0 aliphatic carbocycles. The van der Waals surface area contributed by atoms with E-state index in [1.165, 1.54) is 19.3 Å². The molecule has 0 fully saturated rings. The molecule has 0 spiro atoms. The normalized spacial score (nSPS) is 18.0. The molecule has 0 aromatic heterocycles. The first-order valence-electron chi connectivity index (χ1n) is 10.5. The summed E-state index contributed by atoms with van der Waals surface area (Å²) in [5, 5.41) is 0. The van der Waals surface area contributed by atoms with Gasteiger partial charge in [0, 0.05) is 42.7 Å². The van der Waals surface area contributed by atoms with E-state index in [1.807, 2.05) is 0 Å². The second-order valence-corrected chi connectivity index (χ2v) is 15.9. The third kappa shape index (κ3) is 12.9. The lowest BCUT2D eigenvalue weighted by atomic mass is 9.93. The predicted octanol–water partition coefficient (Wildman–Crippen LogP) is 1.43. The van der Waals surface area contributed by atoms with Crippen LogP contribution in [0.25, 0.3) is 0 Å². The van der Waals surface area contributed by atoms with Gasteiger partial charge in [0.25, 0.3) is 0 Å². The maximum absolute atomic E-state index is 5.46. The average molecular weight is 455 g/mol. The van der Waals surface area contributed by atoms with Gasteiger partial charge >= 0.3 is 0 Å². The van der Waals surface area contributed by atoms with Gasteiger partial charge in [-0.3, -0.25) is 0 Å². The monoisotopic (exact) mass is 454 g/mol. The SMILES string of the molecule is COC(OC)[SiH2]C(C)CC(CC(C)[SiH2]C(OC)OC)CC(C)[SiH2]C(OC)OC. The highest BCUT2D eigenvalue weighted by Gasteiger charge is 2.24. The van der Waals surface area contributed by atoms with E-state index in [9.17, 15) is 0 Å². The van der Waals surface area contributed by atoms with Gasteiger partial charge in [0.05, 0.1) is 28.6 Å². The zero-order chi connectivity index (χ0) is 21.5. The molecule has 0 N–H and O–H groups in total. The van der Waals surface area contributed by atoms with E-state index in [1.54, 1.807) is 42.7 Å². The van der Waals surface area contributed by atoms with Crippen molar-refractivity contribution in [3.05, 3.63) is 0 Å². The molecule has 0 saturated carbocycles. The molecule has 0 heterocycles. The Morgan fingerprint density at radius 3 is 0.857 bits per heavy atom. The van der Waals surface area contributed by atoms with Crippen LogP contribution in [0.2, 0.25) is 16.6 Å². The van der Waals surface area contributed by atoms with Gasteiger partial charge in [0.1, 0.15) is 17.7 Å². The summed E-state index contributed by atoms with van der Waals surface area (Å²) in [4.78, 5) is 0. The molecule has 0 aliphatic rings. The molecule has 0 amide bonds. The van der Waals surface area contributed by atoms with Gasteiger partial charge in [-0.05, 0) is 22.5 Å².